The summed E-state index contributed by atoms with van der Waals surface area (Å²) in [5, 5.41) is 5.35. The minimum absolute atomic E-state index is 0.0124. The number of halogens is 3. The summed E-state index contributed by atoms with van der Waals surface area (Å²) in [6.45, 7) is 1.82. The molecule has 1 aromatic heterocycles. The Morgan fingerprint density at radius 2 is 1.85 bits per heavy atom. The van der Waals surface area contributed by atoms with Crippen LogP contribution in [0.25, 0.3) is 0 Å². The number of nitrogens with one attached hydrogen (secondary N) is 2. The van der Waals surface area contributed by atoms with Gasteiger partial charge in [0.05, 0.1) is 25.5 Å². The second-order valence-corrected chi connectivity index (χ2v) is 7.93. The maximum atomic E-state index is 12.5. The predicted molar refractivity (Wildman–Crippen MR) is 117 cm³/mol. The van der Waals surface area contributed by atoms with Crippen molar-refractivity contribution >= 4 is 17.5 Å². The van der Waals surface area contributed by atoms with Crippen molar-refractivity contribution in [3.05, 3.63) is 47.8 Å². The van der Waals surface area contributed by atoms with E-state index in [0.717, 1.165) is 30.5 Å². The molecular weight excluding hydrogens is 455 g/mol. The number of methoxy groups -OCH3 is 1. The molecule has 2 N–H and O–H groups in total. The number of hydrogen-bond acceptors (Lipinski definition) is 6. The molecule has 1 heterocycles. The fourth-order valence-corrected chi connectivity index (χ4v) is 3.67. The summed E-state index contributed by atoms with van der Waals surface area (Å²) in [5.41, 5.74) is 1.41. The lowest BCUT2D eigenvalue weighted by molar-refractivity contribution is -0.274. The zero-order chi connectivity index (χ0) is 24.7. The molecule has 11 heteroatoms. The predicted octanol–water partition coefficient (Wildman–Crippen LogP) is 4.84. The standard InChI is InChI=1S/C23H26F3N3O5/c1-14(30)16-9-15(11-27-12-16)13-33-18-5-3-17(4-6-18)28-22(31)29-20-10-19(34-23(24,25)26)7-8-21(20)32-2/h7-12,17-18H,3-6,13H2,1-2H3,(H2,28,29,31). The van der Waals surface area contributed by atoms with Crippen LogP contribution < -0.4 is 20.1 Å². The summed E-state index contributed by atoms with van der Waals surface area (Å²) in [4.78, 5) is 27.9. The number of hydrogen-bond donors (Lipinski definition) is 2. The monoisotopic (exact) mass is 481 g/mol. The van der Waals surface area contributed by atoms with Gasteiger partial charge in [0.15, 0.2) is 5.78 Å². The van der Waals surface area contributed by atoms with Crippen LogP contribution in [0.1, 0.15) is 48.5 Å². The molecule has 0 spiro atoms. The number of amides is 2. The summed E-state index contributed by atoms with van der Waals surface area (Å²) < 4.78 is 52.4. The summed E-state index contributed by atoms with van der Waals surface area (Å²) in [6.07, 6.45) is 1.15. The second-order valence-electron chi connectivity index (χ2n) is 7.93. The first-order valence-electron chi connectivity index (χ1n) is 10.7. The van der Waals surface area contributed by atoms with Gasteiger partial charge in [0.25, 0.3) is 0 Å². The largest absolute Gasteiger partial charge is 0.573 e. The van der Waals surface area contributed by atoms with Crippen molar-refractivity contribution in [2.45, 2.75) is 57.7 Å². The molecule has 0 atom stereocenters. The van der Waals surface area contributed by atoms with Crippen LogP contribution in [0.3, 0.4) is 0 Å². The molecule has 2 amide bonds. The first kappa shape index (κ1) is 25.3. The van der Waals surface area contributed by atoms with Crippen LogP contribution in [0, 0.1) is 0 Å². The number of carbonyl (C=O) groups is 2. The normalized spacial score (nSPS) is 18.1. The molecule has 0 unspecified atom stereocenters. The fourth-order valence-electron chi connectivity index (χ4n) is 3.67. The smallest absolute Gasteiger partial charge is 0.495 e. The molecule has 0 aliphatic heterocycles. The van der Waals surface area contributed by atoms with Gasteiger partial charge in [0.2, 0.25) is 0 Å². The summed E-state index contributed by atoms with van der Waals surface area (Å²) in [5.74, 6) is -0.327. The lowest BCUT2D eigenvalue weighted by Crippen LogP contribution is -2.41. The van der Waals surface area contributed by atoms with E-state index in [2.05, 4.69) is 20.4 Å². The van der Waals surface area contributed by atoms with Crippen molar-refractivity contribution in [1.82, 2.24) is 10.3 Å². The molecule has 8 nitrogen and oxygen atoms in total. The van der Waals surface area contributed by atoms with Gasteiger partial charge in [-0.1, -0.05) is 0 Å². The van der Waals surface area contributed by atoms with Crippen LogP contribution >= 0.6 is 0 Å². The molecule has 1 aliphatic rings. The van der Waals surface area contributed by atoms with Crippen molar-refractivity contribution in [2.75, 3.05) is 12.4 Å². The molecule has 184 valence electrons. The lowest BCUT2D eigenvalue weighted by atomic mass is 9.93. The highest BCUT2D eigenvalue weighted by molar-refractivity contribution is 5.93. The van der Waals surface area contributed by atoms with Gasteiger partial charge in [0, 0.05) is 30.1 Å². The average molecular weight is 481 g/mol. The van der Waals surface area contributed by atoms with E-state index in [9.17, 15) is 22.8 Å². The van der Waals surface area contributed by atoms with Gasteiger partial charge in [0.1, 0.15) is 11.5 Å². The summed E-state index contributed by atoms with van der Waals surface area (Å²) >= 11 is 0. The van der Waals surface area contributed by atoms with Gasteiger partial charge >= 0.3 is 12.4 Å². The van der Waals surface area contributed by atoms with E-state index in [1.54, 1.807) is 12.3 Å². The zero-order valence-electron chi connectivity index (χ0n) is 18.8. The van der Waals surface area contributed by atoms with E-state index >= 15 is 0 Å². The highest BCUT2D eigenvalue weighted by Gasteiger charge is 2.31. The Bertz CT molecular complexity index is 1010. The molecular formula is C23H26F3N3O5. The average Bonchev–Trinajstić information content (AvgIpc) is 2.78. The van der Waals surface area contributed by atoms with Gasteiger partial charge in [-0.05, 0) is 56.4 Å². The van der Waals surface area contributed by atoms with Gasteiger partial charge < -0.3 is 24.8 Å². The molecule has 3 rings (SSSR count). The number of ketones is 1. The lowest BCUT2D eigenvalue weighted by Gasteiger charge is -2.29. The Morgan fingerprint density at radius 3 is 2.50 bits per heavy atom. The van der Waals surface area contributed by atoms with Gasteiger partial charge in [-0.15, -0.1) is 13.2 Å². The van der Waals surface area contributed by atoms with Crippen LogP contribution in [-0.2, 0) is 11.3 Å². The number of Topliss-reactive ketones (excluding diaryl/α,β-unsaturated/α-hetero) is 1. The number of urea groups is 1. The summed E-state index contributed by atoms with van der Waals surface area (Å²) in [6, 6.07) is 4.52. The third-order valence-electron chi connectivity index (χ3n) is 5.35. The highest BCUT2D eigenvalue weighted by Crippen LogP contribution is 2.32. The Morgan fingerprint density at radius 1 is 1.12 bits per heavy atom. The number of rotatable bonds is 8. The molecule has 0 bridgehead atoms. The molecule has 1 saturated carbocycles. The number of nitrogens with zero attached hydrogens (tertiary/aromatic N) is 1. The van der Waals surface area contributed by atoms with Gasteiger partial charge in [-0.3, -0.25) is 9.78 Å². The van der Waals surface area contributed by atoms with Crippen molar-refractivity contribution in [1.29, 1.82) is 0 Å². The number of aromatic nitrogens is 1. The molecule has 2 aromatic rings. The van der Waals surface area contributed by atoms with Crippen molar-refractivity contribution in [2.24, 2.45) is 0 Å². The number of alkyl halides is 3. The second kappa shape index (κ2) is 11.2. The fraction of sp³-hybridized carbons (Fsp3) is 0.435. The number of benzene rings is 1. The number of pyridine rings is 1. The molecule has 0 saturated heterocycles. The zero-order valence-corrected chi connectivity index (χ0v) is 18.8. The van der Waals surface area contributed by atoms with Gasteiger partial charge in [-0.2, -0.15) is 0 Å². The maximum Gasteiger partial charge on any atom is 0.573 e. The first-order valence-corrected chi connectivity index (χ1v) is 10.7. The van der Waals surface area contributed by atoms with Crippen molar-refractivity contribution in [3.8, 4) is 11.5 Å². The first-order chi connectivity index (χ1) is 16.1. The number of ether oxygens (including phenoxy) is 3. The SMILES string of the molecule is COc1ccc(OC(F)(F)F)cc1NC(=O)NC1CCC(OCc2cncc(C(C)=O)c2)CC1. The summed E-state index contributed by atoms with van der Waals surface area (Å²) in [7, 11) is 1.34. The minimum atomic E-state index is -4.85. The molecule has 1 aromatic carbocycles. The number of anilines is 1. The Labute approximate surface area is 194 Å². The third-order valence-corrected chi connectivity index (χ3v) is 5.35. The molecule has 1 fully saturated rings. The minimum Gasteiger partial charge on any atom is -0.495 e. The van der Waals surface area contributed by atoms with Crippen LogP contribution in [0.15, 0.2) is 36.7 Å². The molecule has 0 radical (unpaired) electrons. The molecule has 1 aliphatic carbocycles. The highest BCUT2D eigenvalue weighted by atomic mass is 19.4. The van der Waals surface area contributed by atoms with E-state index in [1.807, 2.05) is 0 Å². The Kier molecular flexibility index (Phi) is 8.32. The van der Waals surface area contributed by atoms with E-state index in [4.69, 9.17) is 9.47 Å². The van der Waals surface area contributed by atoms with E-state index in [-0.39, 0.29) is 29.4 Å². The van der Waals surface area contributed by atoms with E-state index < -0.39 is 18.1 Å². The maximum absolute atomic E-state index is 12.5. The van der Waals surface area contributed by atoms with Gasteiger partial charge in [-0.25, -0.2) is 4.79 Å². The third kappa shape index (κ3) is 7.62. The quantitative estimate of drug-likeness (QED) is 0.524. The van der Waals surface area contributed by atoms with E-state index in [1.165, 1.54) is 26.3 Å². The van der Waals surface area contributed by atoms with Crippen LogP contribution in [0.2, 0.25) is 0 Å². The Hall–Kier alpha value is -3.34. The van der Waals surface area contributed by atoms with E-state index in [0.29, 0.717) is 25.0 Å². The molecule has 34 heavy (non-hydrogen) atoms. The Balaban J connectivity index is 1.47. The van der Waals surface area contributed by atoms with Crippen LogP contribution in [0.5, 0.6) is 11.5 Å². The van der Waals surface area contributed by atoms with Crippen LogP contribution in [-0.4, -0.2) is 42.4 Å². The number of carbonyl (C=O) groups excluding carboxylic acids is 2. The topological polar surface area (TPSA) is 98.8 Å². The van der Waals surface area contributed by atoms with Crippen LogP contribution in [0.4, 0.5) is 23.7 Å². The van der Waals surface area contributed by atoms with Crippen molar-refractivity contribution in [3.63, 3.8) is 0 Å². The van der Waals surface area contributed by atoms with Crippen molar-refractivity contribution < 1.29 is 37.0 Å².